The van der Waals surface area contributed by atoms with E-state index in [1.165, 1.54) is 11.8 Å². The SMILES string of the molecule is O=C1N(c2ccccc2)CC1(Cl)Sc1ccccc1. The van der Waals surface area contributed by atoms with E-state index in [2.05, 4.69) is 0 Å². The highest BCUT2D eigenvalue weighted by atomic mass is 35.5. The third-order valence-electron chi connectivity index (χ3n) is 3.02. The van der Waals surface area contributed by atoms with Crippen molar-refractivity contribution in [3.8, 4) is 0 Å². The molecule has 0 bridgehead atoms. The van der Waals surface area contributed by atoms with Crippen LogP contribution in [0.2, 0.25) is 0 Å². The van der Waals surface area contributed by atoms with Gasteiger partial charge in [0, 0.05) is 10.6 Å². The van der Waals surface area contributed by atoms with Crippen LogP contribution in [0.15, 0.2) is 65.6 Å². The zero-order valence-electron chi connectivity index (χ0n) is 10.1. The lowest BCUT2D eigenvalue weighted by atomic mass is 10.1. The Kier molecular flexibility index (Phi) is 3.25. The molecule has 4 heteroatoms. The Balaban J connectivity index is 1.74. The Bertz CT molecular complexity index is 590. The van der Waals surface area contributed by atoms with Crippen LogP contribution in [0, 0.1) is 0 Å². The van der Waals surface area contributed by atoms with E-state index in [0.29, 0.717) is 6.54 Å². The minimum Gasteiger partial charge on any atom is -0.307 e. The van der Waals surface area contributed by atoms with Crippen LogP contribution in [0.1, 0.15) is 0 Å². The molecule has 0 aromatic heterocycles. The van der Waals surface area contributed by atoms with Gasteiger partial charge in [-0.3, -0.25) is 4.79 Å². The summed E-state index contributed by atoms with van der Waals surface area (Å²) in [7, 11) is 0. The fraction of sp³-hybridized carbons (Fsp3) is 0.133. The highest BCUT2D eigenvalue weighted by molar-refractivity contribution is 8.03. The van der Waals surface area contributed by atoms with Crippen LogP contribution < -0.4 is 4.90 Å². The van der Waals surface area contributed by atoms with E-state index in [1.807, 2.05) is 60.7 Å². The molecule has 2 nitrogen and oxygen atoms in total. The number of nitrogens with zero attached hydrogens (tertiary/aromatic N) is 1. The summed E-state index contributed by atoms with van der Waals surface area (Å²) in [5.74, 6) is -0.0470. The predicted octanol–water partition coefficient (Wildman–Crippen LogP) is 3.76. The smallest absolute Gasteiger partial charge is 0.260 e. The number of carbonyl (C=O) groups is 1. The summed E-state index contributed by atoms with van der Waals surface area (Å²) in [6.45, 7) is 0.525. The lowest BCUT2D eigenvalue weighted by molar-refractivity contribution is -0.122. The van der Waals surface area contributed by atoms with Gasteiger partial charge in [-0.15, -0.1) is 0 Å². The second-order valence-electron chi connectivity index (χ2n) is 4.37. The number of halogens is 1. The zero-order valence-corrected chi connectivity index (χ0v) is 11.7. The fourth-order valence-corrected chi connectivity index (χ4v) is 3.57. The van der Waals surface area contributed by atoms with Gasteiger partial charge in [0.05, 0.1) is 6.54 Å². The number of benzene rings is 2. The molecule has 0 saturated carbocycles. The third-order valence-corrected chi connectivity index (χ3v) is 4.66. The topological polar surface area (TPSA) is 20.3 Å². The number of anilines is 1. The first kappa shape index (κ1) is 12.6. The molecule has 1 atom stereocenters. The molecule has 0 spiro atoms. The largest absolute Gasteiger partial charge is 0.307 e. The molecule has 1 heterocycles. The number of β-lactam (4-membered cyclic amide) rings is 1. The Morgan fingerprint density at radius 2 is 1.58 bits per heavy atom. The number of hydrogen-bond donors (Lipinski definition) is 0. The molecule has 1 fully saturated rings. The predicted molar refractivity (Wildman–Crippen MR) is 79.7 cm³/mol. The minimum absolute atomic E-state index is 0.0470. The first-order valence-electron chi connectivity index (χ1n) is 5.99. The summed E-state index contributed by atoms with van der Waals surface area (Å²) in [5.41, 5.74) is 0.900. The van der Waals surface area contributed by atoms with Crippen LogP contribution in [-0.2, 0) is 4.79 Å². The summed E-state index contributed by atoms with van der Waals surface area (Å²) in [5, 5.41) is 0. The van der Waals surface area contributed by atoms with Crippen molar-refractivity contribution >= 4 is 35.0 Å². The number of alkyl halides is 1. The number of para-hydroxylation sites is 1. The van der Waals surface area contributed by atoms with Gasteiger partial charge in [0.1, 0.15) is 0 Å². The Morgan fingerprint density at radius 3 is 2.16 bits per heavy atom. The molecule has 1 unspecified atom stereocenters. The van der Waals surface area contributed by atoms with Crippen molar-refractivity contribution in [2.75, 3.05) is 11.4 Å². The minimum atomic E-state index is -0.864. The van der Waals surface area contributed by atoms with Gasteiger partial charge in [0.15, 0.2) is 4.21 Å². The van der Waals surface area contributed by atoms with E-state index in [9.17, 15) is 4.79 Å². The molecule has 1 amide bonds. The van der Waals surface area contributed by atoms with Crippen molar-refractivity contribution in [1.82, 2.24) is 0 Å². The number of hydrogen-bond acceptors (Lipinski definition) is 2. The quantitative estimate of drug-likeness (QED) is 0.633. The summed E-state index contributed by atoms with van der Waals surface area (Å²) in [6, 6.07) is 19.4. The van der Waals surface area contributed by atoms with E-state index in [-0.39, 0.29) is 5.91 Å². The van der Waals surface area contributed by atoms with E-state index in [4.69, 9.17) is 11.6 Å². The van der Waals surface area contributed by atoms with Crippen molar-refractivity contribution in [3.05, 3.63) is 60.7 Å². The Morgan fingerprint density at radius 1 is 1.00 bits per heavy atom. The van der Waals surface area contributed by atoms with Crippen LogP contribution in [0.4, 0.5) is 5.69 Å². The Hall–Kier alpha value is -1.45. The first-order valence-corrected chi connectivity index (χ1v) is 7.18. The van der Waals surface area contributed by atoms with E-state index >= 15 is 0 Å². The van der Waals surface area contributed by atoms with Crippen LogP contribution in [0.5, 0.6) is 0 Å². The third kappa shape index (κ3) is 2.36. The molecule has 1 aliphatic rings. The van der Waals surface area contributed by atoms with Crippen molar-refractivity contribution in [1.29, 1.82) is 0 Å². The summed E-state index contributed by atoms with van der Waals surface area (Å²) in [4.78, 5) is 15.0. The van der Waals surface area contributed by atoms with Crippen LogP contribution in [0.25, 0.3) is 0 Å². The molecule has 0 radical (unpaired) electrons. The average Bonchev–Trinajstić information content (AvgIpc) is 2.46. The van der Waals surface area contributed by atoms with E-state index in [0.717, 1.165) is 10.6 Å². The van der Waals surface area contributed by atoms with Gasteiger partial charge in [0.25, 0.3) is 5.91 Å². The molecule has 19 heavy (non-hydrogen) atoms. The van der Waals surface area contributed by atoms with Crippen molar-refractivity contribution in [2.24, 2.45) is 0 Å². The molecule has 1 saturated heterocycles. The molecule has 0 aliphatic carbocycles. The number of thioether (sulfide) groups is 1. The maximum absolute atomic E-state index is 12.3. The standard InChI is InChI=1S/C15H12ClNOS/c16-15(19-13-9-5-2-6-10-13)11-17(14(15)18)12-7-3-1-4-8-12/h1-10H,11H2. The summed E-state index contributed by atoms with van der Waals surface area (Å²) >= 11 is 7.82. The maximum Gasteiger partial charge on any atom is 0.260 e. The van der Waals surface area contributed by atoms with Crippen molar-refractivity contribution < 1.29 is 4.79 Å². The molecule has 96 valence electrons. The summed E-state index contributed by atoms with van der Waals surface area (Å²) < 4.78 is -0.864. The zero-order chi connectivity index (χ0) is 13.3. The molecule has 1 aliphatic heterocycles. The monoisotopic (exact) mass is 289 g/mol. The number of carbonyl (C=O) groups excluding carboxylic acids is 1. The van der Waals surface area contributed by atoms with Crippen molar-refractivity contribution in [2.45, 2.75) is 9.10 Å². The number of rotatable bonds is 3. The lowest BCUT2D eigenvalue weighted by Gasteiger charge is -2.44. The maximum atomic E-state index is 12.3. The summed E-state index contributed by atoms with van der Waals surface area (Å²) in [6.07, 6.45) is 0. The molecular formula is C15H12ClNOS. The van der Waals surface area contributed by atoms with Gasteiger partial charge in [-0.1, -0.05) is 59.8 Å². The second kappa shape index (κ2) is 4.91. The van der Waals surface area contributed by atoms with Crippen LogP contribution in [-0.4, -0.2) is 16.7 Å². The average molecular weight is 290 g/mol. The Labute approximate surface area is 121 Å². The van der Waals surface area contributed by atoms with E-state index in [1.54, 1.807) is 4.90 Å². The van der Waals surface area contributed by atoms with Crippen LogP contribution in [0.3, 0.4) is 0 Å². The molecular weight excluding hydrogens is 278 g/mol. The molecule has 0 N–H and O–H groups in total. The first-order chi connectivity index (χ1) is 9.19. The van der Waals surface area contributed by atoms with Gasteiger partial charge in [-0.05, 0) is 24.3 Å². The van der Waals surface area contributed by atoms with Crippen molar-refractivity contribution in [3.63, 3.8) is 0 Å². The lowest BCUT2D eigenvalue weighted by Crippen LogP contribution is -2.61. The number of amides is 1. The van der Waals surface area contributed by atoms with E-state index < -0.39 is 4.21 Å². The highest BCUT2D eigenvalue weighted by Gasteiger charge is 2.52. The fourth-order valence-electron chi connectivity index (χ4n) is 2.02. The molecule has 2 aromatic carbocycles. The normalized spacial score (nSPS) is 22.2. The molecule has 2 aromatic rings. The highest BCUT2D eigenvalue weighted by Crippen LogP contribution is 2.46. The molecule has 3 rings (SSSR count). The van der Waals surface area contributed by atoms with Gasteiger partial charge in [-0.25, -0.2) is 0 Å². The van der Waals surface area contributed by atoms with Crippen LogP contribution >= 0.6 is 23.4 Å². The van der Waals surface area contributed by atoms with Gasteiger partial charge in [-0.2, -0.15) is 0 Å². The second-order valence-corrected chi connectivity index (χ2v) is 6.61. The van der Waals surface area contributed by atoms with Gasteiger partial charge < -0.3 is 4.90 Å². The van der Waals surface area contributed by atoms with Gasteiger partial charge >= 0.3 is 0 Å². The van der Waals surface area contributed by atoms with Gasteiger partial charge in [0.2, 0.25) is 0 Å².